The third-order valence-corrected chi connectivity index (χ3v) is 3.11. The first-order chi connectivity index (χ1) is 9.06. The highest BCUT2D eigenvalue weighted by Gasteiger charge is 2.17. The summed E-state index contributed by atoms with van der Waals surface area (Å²) in [5.41, 5.74) is 1.25. The van der Waals surface area contributed by atoms with Crippen molar-refractivity contribution < 1.29 is 14.6 Å². The first-order valence-corrected chi connectivity index (χ1v) is 6.54. The van der Waals surface area contributed by atoms with Crippen LogP contribution >= 0.6 is 0 Å². The third-order valence-electron chi connectivity index (χ3n) is 3.11. The van der Waals surface area contributed by atoms with Crippen molar-refractivity contribution in [1.82, 2.24) is 4.57 Å². The van der Waals surface area contributed by atoms with E-state index in [1.807, 2.05) is 13.8 Å². The van der Waals surface area contributed by atoms with Gasteiger partial charge in [0.25, 0.3) is 5.56 Å². The molecule has 0 spiro atoms. The van der Waals surface area contributed by atoms with Crippen molar-refractivity contribution in [1.29, 1.82) is 0 Å². The summed E-state index contributed by atoms with van der Waals surface area (Å²) in [4.78, 5) is 23.3. The summed E-state index contributed by atoms with van der Waals surface area (Å²) in [5, 5.41) is 9.11. The lowest BCUT2D eigenvalue weighted by atomic mass is 10.0. The summed E-state index contributed by atoms with van der Waals surface area (Å²) < 4.78 is 6.55. The Morgan fingerprint density at radius 2 is 2.11 bits per heavy atom. The van der Waals surface area contributed by atoms with E-state index in [1.54, 1.807) is 11.7 Å². The summed E-state index contributed by atoms with van der Waals surface area (Å²) in [7, 11) is 1.56. The molecule has 19 heavy (non-hydrogen) atoms. The molecule has 0 saturated carbocycles. The number of carbonyl (C=O) groups is 1. The topological polar surface area (TPSA) is 68.5 Å². The summed E-state index contributed by atoms with van der Waals surface area (Å²) in [6, 6.07) is 1.51. The monoisotopic (exact) mass is 267 g/mol. The number of carboxylic acids is 1. The van der Waals surface area contributed by atoms with Crippen LogP contribution in [-0.2, 0) is 24.1 Å². The minimum atomic E-state index is -1.17. The van der Waals surface area contributed by atoms with Crippen LogP contribution in [0.4, 0.5) is 0 Å². The zero-order valence-corrected chi connectivity index (χ0v) is 11.7. The van der Waals surface area contributed by atoms with Gasteiger partial charge in [-0.1, -0.05) is 20.3 Å². The minimum Gasteiger partial charge on any atom is -0.477 e. The first kappa shape index (κ1) is 15.4. The first-order valence-electron chi connectivity index (χ1n) is 6.54. The van der Waals surface area contributed by atoms with E-state index in [2.05, 4.69) is 0 Å². The Morgan fingerprint density at radius 3 is 2.58 bits per heavy atom. The van der Waals surface area contributed by atoms with Crippen LogP contribution in [0.2, 0.25) is 0 Å². The van der Waals surface area contributed by atoms with Gasteiger partial charge in [0, 0.05) is 19.3 Å². The molecule has 1 aromatic rings. The average Bonchev–Trinajstić information content (AvgIpc) is 2.38. The van der Waals surface area contributed by atoms with E-state index in [0.29, 0.717) is 19.6 Å². The second-order valence-electron chi connectivity index (χ2n) is 4.39. The number of hydrogen-bond donors (Lipinski definition) is 1. The van der Waals surface area contributed by atoms with Gasteiger partial charge in [-0.15, -0.1) is 0 Å². The number of rotatable bonds is 7. The van der Waals surface area contributed by atoms with Gasteiger partial charge in [-0.25, -0.2) is 4.79 Å². The lowest BCUT2D eigenvalue weighted by molar-refractivity contribution is 0.0693. The fraction of sp³-hybridized carbons (Fsp3) is 0.571. The van der Waals surface area contributed by atoms with Gasteiger partial charge >= 0.3 is 5.97 Å². The Kier molecular flexibility index (Phi) is 5.76. The highest BCUT2D eigenvalue weighted by molar-refractivity contribution is 5.87. The minimum absolute atomic E-state index is 0.159. The van der Waals surface area contributed by atoms with Crippen molar-refractivity contribution in [3.05, 3.63) is 33.2 Å². The third kappa shape index (κ3) is 3.44. The molecular formula is C14H21NO4. The predicted octanol–water partition coefficient (Wildman–Crippen LogP) is 1.71. The maximum absolute atomic E-state index is 12.2. The van der Waals surface area contributed by atoms with Crippen molar-refractivity contribution in [2.24, 2.45) is 0 Å². The number of aromatic nitrogens is 1. The van der Waals surface area contributed by atoms with Crippen molar-refractivity contribution in [2.75, 3.05) is 13.7 Å². The molecule has 0 aromatic carbocycles. The molecule has 0 bridgehead atoms. The molecule has 0 fully saturated rings. The molecule has 5 heteroatoms. The number of carboxylic acid groups (broad SMARTS) is 1. The Bertz CT molecular complexity index is 505. The molecule has 5 nitrogen and oxygen atoms in total. The Labute approximate surface area is 112 Å². The van der Waals surface area contributed by atoms with Crippen LogP contribution in [-0.4, -0.2) is 29.4 Å². The van der Waals surface area contributed by atoms with Crippen LogP contribution in [0.5, 0.6) is 0 Å². The molecule has 0 aliphatic heterocycles. The van der Waals surface area contributed by atoms with E-state index in [-0.39, 0.29) is 5.56 Å². The Morgan fingerprint density at radius 1 is 1.42 bits per heavy atom. The summed E-state index contributed by atoms with van der Waals surface area (Å²) in [6.45, 7) is 4.78. The second kappa shape index (κ2) is 7.09. The van der Waals surface area contributed by atoms with Gasteiger partial charge < -0.3 is 14.4 Å². The summed E-state index contributed by atoms with van der Waals surface area (Å²) >= 11 is 0. The number of nitrogens with zero attached hydrogens (tertiary/aromatic N) is 1. The Hall–Kier alpha value is -1.62. The van der Waals surface area contributed by atoms with Crippen LogP contribution in [0.25, 0.3) is 0 Å². The molecule has 0 radical (unpaired) electrons. The van der Waals surface area contributed by atoms with Crippen LogP contribution in [0.3, 0.4) is 0 Å². The number of hydrogen-bond acceptors (Lipinski definition) is 3. The molecule has 0 amide bonds. The average molecular weight is 267 g/mol. The lowest BCUT2D eigenvalue weighted by Crippen LogP contribution is -2.31. The SMILES string of the molecule is CCCc1c(CC)cc(C(=O)O)c(=O)n1CCOC. The molecule has 1 N–H and O–H groups in total. The molecule has 0 aliphatic rings. The van der Waals surface area contributed by atoms with Crippen molar-refractivity contribution in [2.45, 2.75) is 39.7 Å². The van der Waals surface area contributed by atoms with Crippen LogP contribution in [0.15, 0.2) is 10.9 Å². The fourth-order valence-corrected chi connectivity index (χ4v) is 2.17. The number of ether oxygens (including phenoxy) is 1. The summed E-state index contributed by atoms with van der Waals surface area (Å²) in [5.74, 6) is -1.17. The van der Waals surface area contributed by atoms with E-state index in [0.717, 1.165) is 24.1 Å². The van der Waals surface area contributed by atoms with Gasteiger partial charge in [0.1, 0.15) is 5.56 Å². The van der Waals surface area contributed by atoms with Crippen LogP contribution < -0.4 is 5.56 Å². The number of methoxy groups -OCH3 is 1. The fourth-order valence-electron chi connectivity index (χ4n) is 2.17. The van der Waals surface area contributed by atoms with E-state index in [4.69, 9.17) is 9.84 Å². The van der Waals surface area contributed by atoms with Gasteiger partial charge in [0.2, 0.25) is 0 Å². The van der Waals surface area contributed by atoms with E-state index in [9.17, 15) is 9.59 Å². The van der Waals surface area contributed by atoms with Crippen molar-refractivity contribution in [3.8, 4) is 0 Å². The highest BCUT2D eigenvalue weighted by atomic mass is 16.5. The molecule has 106 valence electrons. The second-order valence-corrected chi connectivity index (χ2v) is 4.39. The zero-order valence-electron chi connectivity index (χ0n) is 11.7. The van der Waals surface area contributed by atoms with E-state index >= 15 is 0 Å². The molecule has 1 heterocycles. The largest absolute Gasteiger partial charge is 0.477 e. The van der Waals surface area contributed by atoms with E-state index in [1.165, 1.54) is 6.07 Å². The van der Waals surface area contributed by atoms with Gasteiger partial charge in [0.15, 0.2) is 0 Å². The van der Waals surface area contributed by atoms with Gasteiger partial charge in [-0.3, -0.25) is 4.79 Å². The van der Waals surface area contributed by atoms with Gasteiger partial charge in [-0.2, -0.15) is 0 Å². The zero-order chi connectivity index (χ0) is 14.4. The maximum atomic E-state index is 12.2. The molecule has 0 unspecified atom stereocenters. The molecule has 0 aliphatic carbocycles. The molecule has 0 atom stereocenters. The molecule has 1 rings (SSSR count). The van der Waals surface area contributed by atoms with Crippen molar-refractivity contribution >= 4 is 5.97 Å². The van der Waals surface area contributed by atoms with Crippen LogP contribution in [0.1, 0.15) is 41.9 Å². The smallest absolute Gasteiger partial charge is 0.341 e. The standard InChI is InChI=1S/C14H21NO4/c1-4-6-12-10(5-2)9-11(14(17)18)13(16)15(12)7-8-19-3/h9H,4-8H2,1-3H3,(H,17,18). The number of pyridine rings is 1. The summed E-state index contributed by atoms with van der Waals surface area (Å²) in [6.07, 6.45) is 2.39. The van der Waals surface area contributed by atoms with Crippen molar-refractivity contribution in [3.63, 3.8) is 0 Å². The number of aromatic carboxylic acids is 1. The molecule has 1 aromatic heterocycles. The predicted molar refractivity (Wildman–Crippen MR) is 72.9 cm³/mol. The van der Waals surface area contributed by atoms with E-state index < -0.39 is 11.5 Å². The van der Waals surface area contributed by atoms with Gasteiger partial charge in [0.05, 0.1) is 6.61 Å². The van der Waals surface area contributed by atoms with Gasteiger partial charge in [-0.05, 0) is 24.5 Å². The van der Waals surface area contributed by atoms with Crippen LogP contribution in [0, 0.1) is 0 Å². The molecule has 0 saturated heterocycles. The Balaban J connectivity index is 3.45. The maximum Gasteiger partial charge on any atom is 0.341 e. The normalized spacial score (nSPS) is 10.7. The highest BCUT2D eigenvalue weighted by Crippen LogP contribution is 2.13. The number of aryl methyl sites for hydroxylation is 1. The lowest BCUT2D eigenvalue weighted by Gasteiger charge is -2.17. The molecular weight excluding hydrogens is 246 g/mol. The quantitative estimate of drug-likeness (QED) is 0.816.